The van der Waals surface area contributed by atoms with Crippen molar-refractivity contribution in [2.75, 3.05) is 47.4 Å². The minimum atomic E-state index is 0.0272. The van der Waals surface area contributed by atoms with Crippen molar-refractivity contribution < 1.29 is 9.53 Å². The Morgan fingerprint density at radius 3 is 2.31 bits per heavy atom. The first kappa shape index (κ1) is 15.4. The monoisotopic (exact) mass is 230 g/mol. The molecule has 1 amide bonds. The fourth-order valence-electron chi connectivity index (χ4n) is 1.26. The van der Waals surface area contributed by atoms with Gasteiger partial charge < -0.3 is 14.5 Å². The lowest BCUT2D eigenvalue weighted by atomic mass is 10.3. The fourth-order valence-corrected chi connectivity index (χ4v) is 1.26. The van der Waals surface area contributed by atoms with Gasteiger partial charge in [0.15, 0.2) is 0 Å². The maximum absolute atomic E-state index is 11.2. The van der Waals surface area contributed by atoms with Crippen molar-refractivity contribution in [2.45, 2.75) is 26.2 Å². The Balaban J connectivity index is 3.29. The van der Waals surface area contributed by atoms with Gasteiger partial charge in [0, 0.05) is 27.2 Å². The van der Waals surface area contributed by atoms with Gasteiger partial charge in [-0.25, -0.2) is 0 Å². The largest absolute Gasteiger partial charge is 0.372 e. The molecule has 0 N–H and O–H groups in total. The lowest BCUT2D eigenvalue weighted by Gasteiger charge is -2.16. The Morgan fingerprint density at radius 2 is 1.75 bits per heavy atom. The van der Waals surface area contributed by atoms with Crippen LogP contribution in [0.25, 0.3) is 0 Å². The number of likely N-dealkylation sites (N-methyl/N-ethyl adjacent to an activating group) is 1. The summed E-state index contributed by atoms with van der Waals surface area (Å²) >= 11 is 0. The lowest BCUT2D eigenvalue weighted by molar-refractivity contribution is -0.133. The third-order valence-corrected chi connectivity index (χ3v) is 2.45. The van der Waals surface area contributed by atoms with Gasteiger partial charge >= 0.3 is 0 Å². The van der Waals surface area contributed by atoms with Crippen LogP contribution in [0.3, 0.4) is 0 Å². The van der Waals surface area contributed by atoms with Crippen molar-refractivity contribution in [3.05, 3.63) is 0 Å². The first-order valence-corrected chi connectivity index (χ1v) is 6.04. The molecule has 0 atom stereocenters. The molecule has 0 fully saturated rings. The molecule has 0 aliphatic rings. The highest BCUT2D eigenvalue weighted by atomic mass is 16.5. The molecule has 0 aromatic carbocycles. The van der Waals surface area contributed by atoms with Crippen molar-refractivity contribution in [1.29, 1.82) is 0 Å². The molecular formula is C12H26N2O2. The molecule has 0 aromatic rings. The highest BCUT2D eigenvalue weighted by Crippen LogP contribution is 1.94. The number of unbranched alkanes of at least 4 members (excludes halogenated alkanes) is 1. The van der Waals surface area contributed by atoms with Gasteiger partial charge in [-0.3, -0.25) is 4.79 Å². The average Bonchev–Trinajstić information content (AvgIpc) is 2.25. The van der Waals surface area contributed by atoms with Crippen LogP contribution in [-0.4, -0.2) is 63.2 Å². The molecule has 0 rings (SSSR count). The second kappa shape index (κ2) is 9.60. The first-order valence-electron chi connectivity index (χ1n) is 6.04. The number of hydrogen-bond acceptors (Lipinski definition) is 3. The molecule has 4 nitrogen and oxygen atoms in total. The van der Waals surface area contributed by atoms with E-state index in [-0.39, 0.29) is 12.5 Å². The van der Waals surface area contributed by atoms with Gasteiger partial charge in [0.25, 0.3) is 0 Å². The molecule has 16 heavy (non-hydrogen) atoms. The van der Waals surface area contributed by atoms with E-state index >= 15 is 0 Å². The van der Waals surface area contributed by atoms with Crippen LogP contribution in [0.2, 0.25) is 0 Å². The van der Waals surface area contributed by atoms with Crippen LogP contribution in [0.5, 0.6) is 0 Å². The van der Waals surface area contributed by atoms with Crippen LogP contribution in [0.4, 0.5) is 0 Å². The molecule has 96 valence electrons. The summed E-state index contributed by atoms with van der Waals surface area (Å²) in [6.07, 6.45) is 3.47. The quantitative estimate of drug-likeness (QED) is 0.558. The zero-order valence-corrected chi connectivity index (χ0v) is 11.2. The van der Waals surface area contributed by atoms with Gasteiger partial charge in [-0.2, -0.15) is 0 Å². The van der Waals surface area contributed by atoms with Crippen LogP contribution in [0, 0.1) is 0 Å². The van der Waals surface area contributed by atoms with Crippen LogP contribution < -0.4 is 0 Å². The van der Waals surface area contributed by atoms with Gasteiger partial charge in [-0.05, 0) is 26.4 Å². The molecule has 0 aliphatic heterocycles. The molecule has 0 heterocycles. The van der Waals surface area contributed by atoms with Crippen molar-refractivity contribution >= 4 is 5.91 Å². The topological polar surface area (TPSA) is 32.8 Å². The standard InChI is InChI=1S/C12H26N2O2/c1-5-6-8-14(4)9-7-10-16-11-12(15)13(2)3/h5-11H2,1-4H3. The first-order chi connectivity index (χ1) is 7.57. The van der Waals surface area contributed by atoms with E-state index in [1.54, 1.807) is 19.0 Å². The summed E-state index contributed by atoms with van der Waals surface area (Å²) in [5.41, 5.74) is 0. The Hall–Kier alpha value is -0.610. The SMILES string of the molecule is CCCCN(C)CCCOCC(=O)N(C)C. The third-order valence-electron chi connectivity index (χ3n) is 2.45. The summed E-state index contributed by atoms with van der Waals surface area (Å²) < 4.78 is 5.29. The van der Waals surface area contributed by atoms with Crippen molar-refractivity contribution in [1.82, 2.24) is 9.80 Å². The molecule has 0 spiro atoms. The molecule has 0 radical (unpaired) electrons. The fraction of sp³-hybridized carbons (Fsp3) is 0.917. The average molecular weight is 230 g/mol. The summed E-state index contributed by atoms with van der Waals surface area (Å²) in [6, 6.07) is 0. The molecule has 4 heteroatoms. The van der Waals surface area contributed by atoms with Crippen molar-refractivity contribution in [3.63, 3.8) is 0 Å². The number of carbonyl (C=O) groups excluding carboxylic acids is 1. The number of amides is 1. The van der Waals surface area contributed by atoms with Crippen molar-refractivity contribution in [2.24, 2.45) is 0 Å². The minimum Gasteiger partial charge on any atom is -0.372 e. The normalized spacial score (nSPS) is 10.8. The Kier molecular flexibility index (Phi) is 9.24. The summed E-state index contributed by atoms with van der Waals surface area (Å²) in [5.74, 6) is 0.0272. The zero-order valence-electron chi connectivity index (χ0n) is 11.2. The molecule has 0 bridgehead atoms. The Labute approximate surface area is 99.5 Å². The van der Waals surface area contributed by atoms with E-state index in [1.165, 1.54) is 12.8 Å². The maximum atomic E-state index is 11.2. The summed E-state index contributed by atoms with van der Waals surface area (Å²) in [5, 5.41) is 0. The summed E-state index contributed by atoms with van der Waals surface area (Å²) in [6.45, 7) is 5.24. The highest BCUT2D eigenvalue weighted by molar-refractivity contribution is 5.76. The van der Waals surface area contributed by atoms with Crippen LogP contribution in [0.1, 0.15) is 26.2 Å². The number of carbonyl (C=O) groups is 1. The van der Waals surface area contributed by atoms with E-state index in [1.807, 2.05) is 0 Å². The van der Waals surface area contributed by atoms with Crippen LogP contribution in [0.15, 0.2) is 0 Å². The van der Waals surface area contributed by atoms with Crippen molar-refractivity contribution in [3.8, 4) is 0 Å². The third kappa shape index (κ3) is 8.68. The van der Waals surface area contributed by atoms with Gasteiger partial charge in [-0.15, -0.1) is 0 Å². The van der Waals surface area contributed by atoms with Gasteiger partial charge in [0.05, 0.1) is 0 Å². The van der Waals surface area contributed by atoms with Gasteiger partial charge in [0.1, 0.15) is 6.61 Å². The molecule has 0 saturated carbocycles. The number of ether oxygens (including phenoxy) is 1. The van der Waals surface area contributed by atoms with E-state index in [0.29, 0.717) is 6.61 Å². The Bertz CT molecular complexity index is 184. The van der Waals surface area contributed by atoms with Gasteiger partial charge in [0.2, 0.25) is 5.91 Å². The van der Waals surface area contributed by atoms with Gasteiger partial charge in [-0.1, -0.05) is 13.3 Å². The van der Waals surface area contributed by atoms with E-state index in [0.717, 1.165) is 19.5 Å². The predicted octanol–water partition coefficient (Wildman–Crippen LogP) is 1.21. The summed E-state index contributed by atoms with van der Waals surface area (Å²) in [7, 11) is 5.61. The van der Waals surface area contributed by atoms with E-state index in [4.69, 9.17) is 4.74 Å². The molecule has 0 aliphatic carbocycles. The van der Waals surface area contributed by atoms with E-state index < -0.39 is 0 Å². The van der Waals surface area contributed by atoms with Crippen LogP contribution in [-0.2, 0) is 9.53 Å². The predicted molar refractivity (Wildman–Crippen MR) is 66.5 cm³/mol. The zero-order chi connectivity index (χ0) is 12.4. The highest BCUT2D eigenvalue weighted by Gasteiger charge is 2.03. The maximum Gasteiger partial charge on any atom is 0.248 e. The second-order valence-electron chi connectivity index (χ2n) is 4.35. The molecular weight excluding hydrogens is 204 g/mol. The second-order valence-corrected chi connectivity index (χ2v) is 4.35. The van der Waals surface area contributed by atoms with E-state index in [9.17, 15) is 4.79 Å². The number of rotatable bonds is 9. The minimum absolute atomic E-state index is 0.0272. The number of nitrogens with zero attached hydrogens (tertiary/aromatic N) is 2. The van der Waals surface area contributed by atoms with E-state index in [2.05, 4.69) is 18.9 Å². The lowest BCUT2D eigenvalue weighted by Crippen LogP contribution is -2.27. The van der Waals surface area contributed by atoms with Crippen LogP contribution >= 0.6 is 0 Å². The molecule has 0 aromatic heterocycles. The number of hydrogen-bond donors (Lipinski definition) is 0. The Morgan fingerprint density at radius 1 is 1.12 bits per heavy atom. The summed E-state index contributed by atoms with van der Waals surface area (Å²) in [4.78, 5) is 15.0. The molecule has 0 unspecified atom stereocenters. The smallest absolute Gasteiger partial charge is 0.248 e. The molecule has 0 saturated heterocycles.